The van der Waals surface area contributed by atoms with Gasteiger partial charge in [-0.3, -0.25) is 24.1 Å². The smallest absolute Gasteiger partial charge is 0.291 e. The number of rotatable bonds is 5. The van der Waals surface area contributed by atoms with Crippen molar-refractivity contribution >= 4 is 17.1 Å². The summed E-state index contributed by atoms with van der Waals surface area (Å²) in [6, 6.07) is 0. The number of carbonyl (C=O) groups excluding carboxylic acids is 1. The number of nitrogens with one attached hydrogen (secondary N) is 2. The molecule has 7 heteroatoms. The maximum Gasteiger partial charge on any atom is 0.327 e. The average molecular weight is 435 g/mol. The van der Waals surface area contributed by atoms with Gasteiger partial charge in [0.15, 0.2) is 11.2 Å². The van der Waals surface area contributed by atoms with Crippen LogP contribution in [0, 0.1) is 5.41 Å². The van der Waals surface area contributed by atoms with E-state index in [1.54, 1.807) is 6.92 Å². The summed E-state index contributed by atoms with van der Waals surface area (Å²) in [5.41, 5.74) is 3.70. The molecule has 0 radical (unpaired) electrons. The lowest BCUT2D eigenvalue weighted by Crippen LogP contribution is -2.23. The van der Waals surface area contributed by atoms with E-state index in [0.29, 0.717) is 0 Å². The Labute approximate surface area is 187 Å². The number of aromatic nitrogens is 4. The molecule has 0 unspecified atom stereocenters. The molecule has 168 valence electrons. The van der Waals surface area contributed by atoms with Gasteiger partial charge in [0.05, 0.1) is 0 Å². The van der Waals surface area contributed by atoms with Crippen LogP contribution in [0.15, 0.2) is 74.7 Å². The topological polar surface area (TPSA) is 101 Å². The van der Waals surface area contributed by atoms with Crippen molar-refractivity contribution < 1.29 is 4.79 Å². The fourth-order valence-corrected chi connectivity index (χ4v) is 4.05. The summed E-state index contributed by atoms with van der Waals surface area (Å²) in [5.74, 6) is -0.404. The Morgan fingerprint density at radius 1 is 1.16 bits per heavy atom. The van der Waals surface area contributed by atoms with Crippen molar-refractivity contribution in [3.05, 3.63) is 85.9 Å². The molecule has 2 N–H and O–H groups in total. The van der Waals surface area contributed by atoms with Crippen molar-refractivity contribution in [3.63, 3.8) is 0 Å². The van der Waals surface area contributed by atoms with E-state index in [1.807, 2.05) is 25.2 Å². The normalized spacial score (nSPS) is 17.8. The van der Waals surface area contributed by atoms with Crippen molar-refractivity contribution in [2.24, 2.45) is 5.41 Å². The van der Waals surface area contributed by atoms with Crippen LogP contribution < -0.4 is 11.2 Å². The van der Waals surface area contributed by atoms with E-state index in [1.165, 1.54) is 36.4 Å². The number of allylic oxidation sites excluding steroid dienone is 10. The first-order chi connectivity index (χ1) is 15.1. The Morgan fingerprint density at radius 2 is 1.91 bits per heavy atom. The van der Waals surface area contributed by atoms with E-state index < -0.39 is 17.2 Å². The van der Waals surface area contributed by atoms with E-state index in [-0.39, 0.29) is 16.6 Å². The highest BCUT2D eigenvalue weighted by molar-refractivity contribution is 5.96. The molecule has 0 fully saturated rings. The van der Waals surface area contributed by atoms with E-state index in [0.717, 1.165) is 22.1 Å². The molecule has 0 saturated heterocycles. The Morgan fingerprint density at radius 3 is 2.62 bits per heavy atom. The van der Waals surface area contributed by atoms with Gasteiger partial charge >= 0.3 is 5.69 Å². The molecule has 1 aliphatic rings. The summed E-state index contributed by atoms with van der Waals surface area (Å²) in [7, 11) is 0. The maximum atomic E-state index is 12.6. The number of nitrogens with zero attached hydrogens (tertiary/aromatic N) is 2. The van der Waals surface area contributed by atoms with Crippen molar-refractivity contribution in [1.29, 1.82) is 0 Å². The molecule has 32 heavy (non-hydrogen) atoms. The fourth-order valence-electron chi connectivity index (χ4n) is 4.05. The zero-order chi connectivity index (χ0) is 23.5. The third-order valence-corrected chi connectivity index (χ3v) is 5.80. The predicted molar refractivity (Wildman–Crippen MR) is 128 cm³/mol. The number of fused-ring (bicyclic) bond motifs is 1. The number of H-pyrrole nitrogens is 2. The lowest BCUT2D eigenvalue weighted by molar-refractivity contribution is 0.0972. The first-order valence-corrected chi connectivity index (χ1v) is 10.7. The van der Waals surface area contributed by atoms with Gasteiger partial charge in [0, 0.05) is 6.08 Å². The van der Waals surface area contributed by atoms with Gasteiger partial charge < -0.3 is 0 Å². The number of carbonyl (C=O) groups is 1. The van der Waals surface area contributed by atoms with Crippen LogP contribution in [0.25, 0.3) is 11.2 Å². The third kappa shape index (κ3) is 5.22. The minimum absolute atomic E-state index is 0.0105. The van der Waals surface area contributed by atoms with Crippen molar-refractivity contribution in [2.45, 2.75) is 53.9 Å². The third-order valence-electron chi connectivity index (χ3n) is 5.80. The minimum atomic E-state index is -0.686. The molecule has 0 atom stereocenters. The zero-order valence-electron chi connectivity index (χ0n) is 19.3. The molecular formula is C25H30N4O3. The molecule has 7 nitrogen and oxygen atoms in total. The van der Waals surface area contributed by atoms with Gasteiger partial charge in [-0.25, -0.2) is 9.78 Å². The summed E-state index contributed by atoms with van der Waals surface area (Å²) in [6.45, 7) is 10.7. The maximum absolute atomic E-state index is 12.6. The molecule has 2 heterocycles. The summed E-state index contributed by atoms with van der Waals surface area (Å²) >= 11 is 0. The SMILES string of the molecule is CC1=C(/C=C/C(C)=C/C=C/C(C)=C/C(=O)n2cnc3c(=O)[nH]c(=O)[nH]c32)C(C)(C)CCC1. The van der Waals surface area contributed by atoms with Crippen LogP contribution in [0.1, 0.15) is 58.7 Å². The number of hydrogen-bond acceptors (Lipinski definition) is 4. The van der Waals surface area contributed by atoms with Crippen molar-refractivity contribution in [1.82, 2.24) is 19.5 Å². The number of imidazole rings is 1. The van der Waals surface area contributed by atoms with Crippen LogP contribution in [-0.2, 0) is 0 Å². The van der Waals surface area contributed by atoms with Crippen LogP contribution in [0.5, 0.6) is 0 Å². The molecule has 2 aromatic rings. The van der Waals surface area contributed by atoms with Gasteiger partial charge in [-0.15, -0.1) is 0 Å². The predicted octanol–water partition coefficient (Wildman–Crippen LogP) is 4.58. The van der Waals surface area contributed by atoms with Crippen LogP contribution >= 0.6 is 0 Å². The van der Waals surface area contributed by atoms with Crippen molar-refractivity contribution in [3.8, 4) is 0 Å². The first kappa shape index (κ1) is 23.2. The van der Waals surface area contributed by atoms with E-state index in [2.05, 4.69) is 47.9 Å². The molecule has 0 aliphatic heterocycles. The Balaban J connectivity index is 1.73. The Bertz CT molecular complexity index is 1310. The van der Waals surface area contributed by atoms with Crippen molar-refractivity contribution in [2.75, 3.05) is 0 Å². The summed E-state index contributed by atoms with van der Waals surface area (Å²) in [5, 5.41) is 0. The highest BCUT2D eigenvalue weighted by Crippen LogP contribution is 2.40. The largest absolute Gasteiger partial charge is 0.327 e. The van der Waals surface area contributed by atoms with E-state index in [4.69, 9.17) is 0 Å². The van der Waals surface area contributed by atoms with Crippen LogP contribution in [0.2, 0.25) is 0 Å². The standard InChI is InChI=1S/C25H30N4O3/c1-16(11-12-19-18(3)10-7-13-25(19,4)5)8-6-9-17(2)14-20(30)29-15-26-21-22(29)27-24(32)28-23(21)31/h6,8-9,11-12,14-15H,7,10,13H2,1-5H3,(H2,27,28,31,32)/b9-6+,12-11+,16-8+,17-14+. The van der Waals surface area contributed by atoms with Gasteiger partial charge in [-0.1, -0.05) is 55.4 Å². The Kier molecular flexibility index (Phi) is 6.77. The monoisotopic (exact) mass is 434 g/mol. The summed E-state index contributed by atoms with van der Waals surface area (Å²) < 4.78 is 1.15. The second-order valence-electron chi connectivity index (χ2n) is 8.98. The van der Waals surface area contributed by atoms with Gasteiger partial charge in [0.1, 0.15) is 6.33 Å². The lowest BCUT2D eigenvalue weighted by Gasteiger charge is -2.32. The van der Waals surface area contributed by atoms with E-state index in [9.17, 15) is 14.4 Å². The number of hydrogen-bond donors (Lipinski definition) is 2. The average Bonchev–Trinajstić information content (AvgIpc) is 3.11. The first-order valence-electron chi connectivity index (χ1n) is 10.7. The molecular weight excluding hydrogens is 404 g/mol. The molecule has 0 amide bonds. The second kappa shape index (κ2) is 9.34. The van der Waals surface area contributed by atoms with E-state index >= 15 is 0 Å². The lowest BCUT2D eigenvalue weighted by atomic mass is 9.72. The summed E-state index contributed by atoms with van der Waals surface area (Å²) in [6.07, 6.45) is 16.4. The summed E-state index contributed by atoms with van der Waals surface area (Å²) in [4.78, 5) is 44.3. The van der Waals surface area contributed by atoms with Gasteiger partial charge in [-0.05, 0) is 56.6 Å². The minimum Gasteiger partial charge on any atom is -0.291 e. The van der Waals surface area contributed by atoms with Crippen LogP contribution in [0.4, 0.5) is 0 Å². The molecule has 1 aliphatic carbocycles. The molecule has 0 bridgehead atoms. The number of aromatic amines is 2. The second-order valence-corrected chi connectivity index (χ2v) is 8.98. The van der Waals surface area contributed by atoms with Gasteiger partial charge in [-0.2, -0.15) is 0 Å². The quantitative estimate of drug-likeness (QED) is 0.531. The molecule has 3 rings (SSSR count). The molecule has 0 spiro atoms. The molecule has 0 aromatic carbocycles. The fraction of sp³-hybridized carbons (Fsp3) is 0.360. The van der Waals surface area contributed by atoms with Crippen LogP contribution in [-0.4, -0.2) is 25.4 Å². The highest BCUT2D eigenvalue weighted by Gasteiger charge is 2.26. The van der Waals surface area contributed by atoms with Crippen LogP contribution in [0.3, 0.4) is 0 Å². The molecule has 0 saturated carbocycles. The zero-order valence-corrected chi connectivity index (χ0v) is 19.3. The van der Waals surface area contributed by atoms with Gasteiger partial charge in [0.2, 0.25) is 0 Å². The Hall–Kier alpha value is -3.48. The highest BCUT2D eigenvalue weighted by atomic mass is 16.2. The molecule has 2 aromatic heterocycles. The van der Waals surface area contributed by atoms with Gasteiger partial charge in [0.25, 0.3) is 11.5 Å².